The van der Waals surface area contributed by atoms with E-state index in [-0.39, 0.29) is 5.02 Å². The molecule has 1 atom stereocenters. The summed E-state index contributed by atoms with van der Waals surface area (Å²) < 4.78 is 40.5. The van der Waals surface area contributed by atoms with Crippen molar-refractivity contribution in [3.8, 4) is 0 Å². The number of fused-ring (bicyclic) bond motifs is 1. The quantitative estimate of drug-likeness (QED) is 0.548. The van der Waals surface area contributed by atoms with Gasteiger partial charge in [-0.05, 0) is 66.7 Å². The van der Waals surface area contributed by atoms with Crippen LogP contribution in [0.4, 0.5) is 13.2 Å². The Labute approximate surface area is 182 Å². The summed E-state index contributed by atoms with van der Waals surface area (Å²) in [6.07, 6.45) is -0.269. The van der Waals surface area contributed by atoms with Crippen LogP contribution in [-0.2, 0) is 11.0 Å². The van der Waals surface area contributed by atoms with Crippen LogP contribution in [0.2, 0.25) is 5.02 Å². The molecule has 0 saturated carbocycles. The molecule has 0 spiro atoms. The van der Waals surface area contributed by atoms with Crippen molar-refractivity contribution in [3.63, 3.8) is 0 Å². The minimum absolute atomic E-state index is 0.343. The molecule has 1 aromatic heterocycles. The van der Waals surface area contributed by atoms with Crippen LogP contribution in [0.5, 0.6) is 0 Å². The van der Waals surface area contributed by atoms with E-state index in [1.807, 2.05) is 29.2 Å². The summed E-state index contributed by atoms with van der Waals surface area (Å²) in [4.78, 5) is 17.5. The van der Waals surface area contributed by atoms with Crippen LogP contribution >= 0.6 is 11.6 Å². The molecule has 2 aromatic carbocycles. The number of piperidine rings is 1. The van der Waals surface area contributed by atoms with E-state index >= 15 is 0 Å². The lowest BCUT2D eigenvalue weighted by Gasteiger charge is -2.37. The summed E-state index contributed by atoms with van der Waals surface area (Å²) >= 11 is 5.84. The number of hydrogen-bond acceptors (Lipinski definition) is 3. The highest BCUT2D eigenvalue weighted by molar-refractivity contribution is 6.31. The summed E-state index contributed by atoms with van der Waals surface area (Å²) in [5.74, 6) is -1.27. The van der Waals surface area contributed by atoms with Crippen LogP contribution in [0.1, 0.15) is 35.6 Å². The van der Waals surface area contributed by atoms with Gasteiger partial charge in [-0.25, -0.2) is 0 Å². The van der Waals surface area contributed by atoms with Crippen LogP contribution < -0.4 is 0 Å². The molecule has 162 valence electrons. The van der Waals surface area contributed by atoms with E-state index in [4.69, 9.17) is 11.6 Å². The van der Waals surface area contributed by atoms with Crippen molar-refractivity contribution in [1.29, 1.82) is 0 Å². The number of nitrogens with zero attached hydrogens (tertiary/aromatic N) is 2. The predicted molar refractivity (Wildman–Crippen MR) is 112 cm³/mol. The topological polar surface area (TPSA) is 53.4 Å². The fraction of sp³-hybridized carbons (Fsp3) is 0.304. The molecule has 1 unspecified atom stereocenters. The Bertz CT molecular complexity index is 1110. The van der Waals surface area contributed by atoms with Crippen LogP contribution in [0, 0.1) is 5.92 Å². The maximum Gasteiger partial charge on any atom is 0.417 e. The lowest BCUT2D eigenvalue weighted by atomic mass is 9.90. The normalized spacial score (nSPS) is 17.0. The monoisotopic (exact) mass is 448 g/mol. The molecule has 0 radical (unpaired) electrons. The number of benzene rings is 2. The second kappa shape index (κ2) is 8.48. The molecule has 0 bridgehead atoms. The largest absolute Gasteiger partial charge is 0.481 e. The maximum atomic E-state index is 13.5. The third kappa shape index (κ3) is 4.52. The molecule has 1 aliphatic heterocycles. The number of aromatic nitrogens is 1. The van der Waals surface area contributed by atoms with Crippen molar-refractivity contribution in [3.05, 3.63) is 76.6 Å². The number of pyridine rings is 1. The summed E-state index contributed by atoms with van der Waals surface area (Å²) in [5.41, 5.74) is 0.434. The molecule has 1 saturated heterocycles. The molecule has 1 aliphatic rings. The highest BCUT2D eigenvalue weighted by atomic mass is 35.5. The zero-order chi connectivity index (χ0) is 22.2. The van der Waals surface area contributed by atoms with Gasteiger partial charge in [-0.2, -0.15) is 13.2 Å². The number of carbonyl (C=O) groups is 1. The molecule has 3 aromatic rings. The molecular weight excluding hydrogens is 429 g/mol. The van der Waals surface area contributed by atoms with Crippen molar-refractivity contribution in [2.24, 2.45) is 5.92 Å². The second-order valence-electron chi connectivity index (χ2n) is 7.77. The SMILES string of the molecule is O=C(O)C1CCN(C(c2ccc(Cl)c(C(F)(F)F)c2)c2ccc3cnccc3c2)CC1. The van der Waals surface area contributed by atoms with Crippen LogP contribution in [0.25, 0.3) is 10.8 Å². The number of alkyl halides is 3. The van der Waals surface area contributed by atoms with Gasteiger partial charge in [-0.3, -0.25) is 14.7 Å². The van der Waals surface area contributed by atoms with Gasteiger partial charge in [0, 0.05) is 17.8 Å². The highest BCUT2D eigenvalue weighted by Gasteiger charge is 2.35. The average Bonchev–Trinajstić information content (AvgIpc) is 2.74. The van der Waals surface area contributed by atoms with Crippen molar-refractivity contribution in [1.82, 2.24) is 9.88 Å². The van der Waals surface area contributed by atoms with Gasteiger partial charge in [-0.1, -0.05) is 29.8 Å². The van der Waals surface area contributed by atoms with Crippen molar-refractivity contribution in [2.75, 3.05) is 13.1 Å². The zero-order valence-corrected chi connectivity index (χ0v) is 17.2. The number of carboxylic acids is 1. The van der Waals surface area contributed by atoms with Crippen LogP contribution in [0.15, 0.2) is 54.9 Å². The number of aliphatic carboxylic acids is 1. The fourth-order valence-corrected chi connectivity index (χ4v) is 4.45. The molecule has 0 aliphatic carbocycles. The average molecular weight is 449 g/mol. The van der Waals surface area contributed by atoms with Gasteiger partial charge in [0.15, 0.2) is 0 Å². The molecule has 0 amide bonds. The number of rotatable bonds is 4. The molecule has 1 N–H and O–H groups in total. The Morgan fingerprint density at radius 3 is 2.42 bits per heavy atom. The standard InChI is InChI=1S/C23H20ClF3N2O2/c24-20-4-3-17(12-19(20)23(25,26)27)21(29-9-6-14(7-10-29)22(30)31)16-1-2-18-13-28-8-5-15(18)11-16/h1-5,8,11-14,21H,6-7,9-10H2,(H,30,31). The van der Waals surface area contributed by atoms with Gasteiger partial charge in [-0.15, -0.1) is 0 Å². The summed E-state index contributed by atoms with van der Waals surface area (Å²) in [7, 11) is 0. The smallest absolute Gasteiger partial charge is 0.417 e. The number of carboxylic acid groups (broad SMARTS) is 1. The summed E-state index contributed by atoms with van der Waals surface area (Å²) in [5, 5.41) is 10.8. The van der Waals surface area contributed by atoms with Gasteiger partial charge in [0.2, 0.25) is 0 Å². The Morgan fingerprint density at radius 2 is 1.74 bits per heavy atom. The fourth-order valence-electron chi connectivity index (χ4n) is 4.22. The minimum Gasteiger partial charge on any atom is -0.481 e. The maximum absolute atomic E-state index is 13.5. The molecule has 4 rings (SSSR count). The first-order valence-corrected chi connectivity index (χ1v) is 10.3. The predicted octanol–water partition coefficient (Wildman–Crippen LogP) is 5.79. The van der Waals surface area contributed by atoms with E-state index in [0.717, 1.165) is 22.4 Å². The van der Waals surface area contributed by atoms with Gasteiger partial charge in [0.05, 0.1) is 22.5 Å². The van der Waals surface area contributed by atoms with E-state index in [1.54, 1.807) is 18.5 Å². The first-order chi connectivity index (χ1) is 14.7. The van der Waals surface area contributed by atoms with E-state index in [0.29, 0.717) is 31.5 Å². The van der Waals surface area contributed by atoms with Crippen molar-refractivity contribution >= 4 is 28.3 Å². The third-order valence-electron chi connectivity index (χ3n) is 5.84. The van der Waals surface area contributed by atoms with E-state index in [1.165, 1.54) is 6.07 Å². The Kier molecular flexibility index (Phi) is 5.90. The van der Waals surface area contributed by atoms with Gasteiger partial charge in [0.25, 0.3) is 0 Å². The van der Waals surface area contributed by atoms with Crippen molar-refractivity contribution in [2.45, 2.75) is 25.1 Å². The molecular formula is C23H20ClF3N2O2. The lowest BCUT2D eigenvalue weighted by Crippen LogP contribution is -2.39. The summed E-state index contributed by atoms with van der Waals surface area (Å²) in [6, 6.07) is 11.1. The molecule has 4 nitrogen and oxygen atoms in total. The van der Waals surface area contributed by atoms with E-state index < -0.39 is 29.7 Å². The Balaban J connectivity index is 1.79. The molecule has 31 heavy (non-hydrogen) atoms. The number of halogens is 4. The molecule has 1 fully saturated rings. The minimum atomic E-state index is -4.57. The Morgan fingerprint density at radius 1 is 1.06 bits per heavy atom. The van der Waals surface area contributed by atoms with Crippen LogP contribution in [-0.4, -0.2) is 34.0 Å². The lowest BCUT2D eigenvalue weighted by molar-refractivity contribution is -0.143. The van der Waals surface area contributed by atoms with Gasteiger partial charge < -0.3 is 5.11 Å². The number of likely N-dealkylation sites (tertiary alicyclic amines) is 1. The second-order valence-corrected chi connectivity index (χ2v) is 8.18. The Hall–Kier alpha value is -2.64. The van der Waals surface area contributed by atoms with Gasteiger partial charge in [0.1, 0.15) is 0 Å². The van der Waals surface area contributed by atoms with E-state index in [9.17, 15) is 23.1 Å². The highest BCUT2D eigenvalue weighted by Crippen LogP contribution is 2.39. The van der Waals surface area contributed by atoms with Gasteiger partial charge >= 0.3 is 12.1 Å². The van der Waals surface area contributed by atoms with Crippen molar-refractivity contribution < 1.29 is 23.1 Å². The molecule has 2 heterocycles. The first kappa shape index (κ1) is 21.6. The number of hydrogen-bond donors (Lipinski definition) is 1. The third-order valence-corrected chi connectivity index (χ3v) is 6.17. The van der Waals surface area contributed by atoms with E-state index in [2.05, 4.69) is 4.98 Å². The summed E-state index contributed by atoms with van der Waals surface area (Å²) in [6.45, 7) is 0.944. The zero-order valence-electron chi connectivity index (χ0n) is 16.4. The van der Waals surface area contributed by atoms with Crippen LogP contribution in [0.3, 0.4) is 0 Å². The first-order valence-electron chi connectivity index (χ1n) is 9.91. The molecule has 8 heteroatoms.